The normalized spacial score (nSPS) is 14.9. The Morgan fingerprint density at radius 3 is 2.48 bits per heavy atom. The average molecular weight is 382 g/mol. The van der Waals surface area contributed by atoms with Gasteiger partial charge >= 0.3 is 5.97 Å². The predicted molar refractivity (Wildman–Crippen MR) is 100 cm³/mol. The largest absolute Gasteiger partial charge is 0.478 e. The number of rotatable bonds is 7. The zero-order chi connectivity index (χ0) is 18.8. The lowest BCUT2D eigenvalue weighted by atomic mass is 10.1. The van der Waals surface area contributed by atoms with Crippen LogP contribution in [0.25, 0.3) is 5.69 Å². The van der Waals surface area contributed by atoms with Gasteiger partial charge in [0.15, 0.2) is 0 Å². The molecule has 0 saturated heterocycles. The second-order valence-corrected chi connectivity index (χ2v) is 7.48. The quantitative estimate of drug-likeness (QED) is 0.606. The van der Waals surface area contributed by atoms with Crippen LogP contribution in [0.4, 0.5) is 0 Å². The second kappa shape index (κ2) is 7.50. The first-order valence-electron chi connectivity index (χ1n) is 8.64. The molecule has 0 amide bonds. The highest BCUT2D eigenvalue weighted by Crippen LogP contribution is 2.40. The van der Waals surface area contributed by atoms with Gasteiger partial charge in [-0.15, -0.1) is 5.10 Å². The van der Waals surface area contributed by atoms with Gasteiger partial charge in [-0.25, -0.2) is 4.79 Å². The summed E-state index contributed by atoms with van der Waals surface area (Å²) < 4.78 is 1.53. The number of aliphatic hydroxyl groups excluding tert-OH is 1. The number of hydrogen-bond acceptors (Lipinski definition) is 6. The molecule has 2 N–H and O–H groups in total. The van der Waals surface area contributed by atoms with Gasteiger partial charge in [0, 0.05) is 5.75 Å². The minimum atomic E-state index is -0.983. The molecule has 0 bridgehead atoms. The Labute approximate surface area is 160 Å². The van der Waals surface area contributed by atoms with Crippen LogP contribution in [0.3, 0.4) is 0 Å². The first kappa shape index (κ1) is 17.7. The van der Waals surface area contributed by atoms with Crippen LogP contribution in [0.1, 0.15) is 46.3 Å². The smallest absolute Gasteiger partial charge is 0.335 e. The molecule has 1 unspecified atom stereocenters. The van der Waals surface area contributed by atoms with E-state index in [0.29, 0.717) is 22.5 Å². The summed E-state index contributed by atoms with van der Waals surface area (Å²) in [7, 11) is 0. The third kappa shape index (κ3) is 4.01. The number of carbonyl (C=O) groups is 1. The summed E-state index contributed by atoms with van der Waals surface area (Å²) in [5.74, 6) is 0.127. The minimum Gasteiger partial charge on any atom is -0.478 e. The Morgan fingerprint density at radius 2 is 1.85 bits per heavy atom. The lowest BCUT2D eigenvalue weighted by Crippen LogP contribution is -2.04. The molecule has 1 aliphatic carbocycles. The van der Waals surface area contributed by atoms with Crippen LogP contribution in [0.2, 0.25) is 0 Å². The molecule has 7 nitrogen and oxygen atoms in total. The molecule has 0 aliphatic heterocycles. The second-order valence-electron chi connectivity index (χ2n) is 6.49. The molecule has 1 saturated carbocycles. The Morgan fingerprint density at radius 1 is 1.15 bits per heavy atom. The van der Waals surface area contributed by atoms with Crippen LogP contribution in [-0.2, 0) is 0 Å². The third-order valence-electron chi connectivity index (χ3n) is 4.54. The summed E-state index contributed by atoms with van der Waals surface area (Å²) in [6, 6.07) is 14.4. The molecular formula is C19H18N4O3S. The summed E-state index contributed by atoms with van der Waals surface area (Å²) in [5, 5.41) is 31.6. The molecule has 1 aromatic heterocycles. The molecule has 4 rings (SSSR count). The van der Waals surface area contributed by atoms with Crippen molar-refractivity contribution in [2.45, 2.75) is 30.0 Å². The van der Waals surface area contributed by atoms with E-state index >= 15 is 0 Å². The Kier molecular flexibility index (Phi) is 4.91. The highest BCUT2D eigenvalue weighted by molar-refractivity contribution is 7.99. The number of carboxylic acid groups (broad SMARTS) is 1. The maximum absolute atomic E-state index is 11.0. The van der Waals surface area contributed by atoms with Gasteiger partial charge in [-0.3, -0.25) is 0 Å². The van der Waals surface area contributed by atoms with Crippen LogP contribution in [0.15, 0.2) is 53.7 Å². The van der Waals surface area contributed by atoms with Gasteiger partial charge in [0.25, 0.3) is 0 Å². The van der Waals surface area contributed by atoms with Gasteiger partial charge in [-0.1, -0.05) is 36.0 Å². The van der Waals surface area contributed by atoms with Gasteiger partial charge in [0.05, 0.1) is 17.4 Å². The summed E-state index contributed by atoms with van der Waals surface area (Å²) in [6.45, 7) is 0. The Balaban J connectivity index is 1.42. The van der Waals surface area contributed by atoms with Crippen LogP contribution in [0, 0.1) is 0 Å². The van der Waals surface area contributed by atoms with Crippen molar-refractivity contribution < 1.29 is 15.0 Å². The van der Waals surface area contributed by atoms with Crippen molar-refractivity contribution in [3.8, 4) is 5.69 Å². The molecular weight excluding hydrogens is 364 g/mol. The van der Waals surface area contributed by atoms with Crippen molar-refractivity contribution in [3.05, 3.63) is 65.2 Å². The van der Waals surface area contributed by atoms with E-state index in [1.54, 1.807) is 12.1 Å². The SMILES string of the molecule is O=C(O)c1ccc(-n2nnnc2SCC(O)c2ccc(C3CC3)cc2)cc1. The summed E-state index contributed by atoms with van der Waals surface area (Å²) in [5.41, 5.74) is 3.07. The van der Waals surface area contributed by atoms with E-state index in [1.165, 1.54) is 47.0 Å². The fraction of sp³-hybridized carbons (Fsp3) is 0.263. The van der Waals surface area contributed by atoms with Crippen molar-refractivity contribution in [1.29, 1.82) is 0 Å². The third-order valence-corrected chi connectivity index (χ3v) is 5.54. The summed E-state index contributed by atoms with van der Waals surface area (Å²) in [6.07, 6.45) is 1.89. The first-order chi connectivity index (χ1) is 13.1. The zero-order valence-corrected chi connectivity index (χ0v) is 15.2. The number of thioether (sulfide) groups is 1. The van der Waals surface area contributed by atoms with Crippen LogP contribution < -0.4 is 0 Å². The Bertz CT molecular complexity index is 936. The zero-order valence-electron chi connectivity index (χ0n) is 14.4. The van der Waals surface area contributed by atoms with E-state index < -0.39 is 12.1 Å². The molecule has 3 aromatic rings. The maximum Gasteiger partial charge on any atom is 0.335 e. The van der Waals surface area contributed by atoms with Crippen molar-refractivity contribution >= 4 is 17.7 Å². The highest BCUT2D eigenvalue weighted by atomic mass is 32.2. The van der Waals surface area contributed by atoms with Crippen LogP contribution in [-0.4, -0.2) is 42.1 Å². The van der Waals surface area contributed by atoms with E-state index in [9.17, 15) is 9.90 Å². The fourth-order valence-corrected chi connectivity index (χ4v) is 3.69. The van der Waals surface area contributed by atoms with Crippen LogP contribution >= 0.6 is 11.8 Å². The van der Waals surface area contributed by atoms with Crippen molar-refractivity contribution in [3.63, 3.8) is 0 Å². The van der Waals surface area contributed by atoms with E-state index in [2.05, 4.69) is 27.7 Å². The van der Waals surface area contributed by atoms with Gasteiger partial charge < -0.3 is 10.2 Å². The number of nitrogens with zero attached hydrogens (tertiary/aromatic N) is 4. The molecule has 27 heavy (non-hydrogen) atoms. The highest BCUT2D eigenvalue weighted by Gasteiger charge is 2.23. The number of benzene rings is 2. The van der Waals surface area contributed by atoms with Crippen molar-refractivity contribution in [2.75, 3.05) is 5.75 Å². The molecule has 0 radical (unpaired) electrons. The number of aliphatic hydroxyl groups is 1. The van der Waals surface area contributed by atoms with Crippen LogP contribution in [0.5, 0.6) is 0 Å². The van der Waals surface area contributed by atoms with E-state index in [-0.39, 0.29) is 5.56 Å². The molecule has 2 aromatic carbocycles. The number of aromatic carboxylic acids is 1. The monoisotopic (exact) mass is 382 g/mol. The number of tetrazole rings is 1. The van der Waals surface area contributed by atoms with E-state index in [4.69, 9.17) is 5.11 Å². The molecule has 1 aliphatic rings. The molecule has 0 spiro atoms. The van der Waals surface area contributed by atoms with E-state index in [0.717, 1.165) is 5.56 Å². The molecule has 138 valence electrons. The van der Waals surface area contributed by atoms with Gasteiger partial charge in [-0.2, -0.15) is 4.68 Å². The Hall–Kier alpha value is -2.71. The van der Waals surface area contributed by atoms with E-state index in [1.807, 2.05) is 12.1 Å². The standard InChI is InChI=1S/C19H18N4O3S/c24-17(14-5-3-13(4-6-14)12-1-2-12)11-27-19-20-21-22-23(19)16-9-7-15(8-10-16)18(25)26/h3-10,12,17,24H,1-2,11H2,(H,25,26). The lowest BCUT2D eigenvalue weighted by Gasteiger charge is -2.11. The first-order valence-corrected chi connectivity index (χ1v) is 9.63. The summed E-state index contributed by atoms with van der Waals surface area (Å²) >= 11 is 1.35. The predicted octanol–water partition coefficient (Wildman–Crippen LogP) is 3.06. The topological polar surface area (TPSA) is 101 Å². The van der Waals surface area contributed by atoms with Gasteiger partial charge in [0.1, 0.15) is 0 Å². The lowest BCUT2D eigenvalue weighted by molar-refractivity contribution is 0.0697. The summed E-state index contributed by atoms with van der Waals surface area (Å²) in [4.78, 5) is 11.0. The minimum absolute atomic E-state index is 0.200. The van der Waals surface area contributed by atoms with Gasteiger partial charge in [0.2, 0.25) is 5.16 Å². The number of aromatic nitrogens is 4. The van der Waals surface area contributed by atoms with Gasteiger partial charge in [-0.05, 0) is 64.6 Å². The fourth-order valence-electron chi connectivity index (χ4n) is 2.83. The molecule has 8 heteroatoms. The molecule has 1 heterocycles. The maximum atomic E-state index is 11.0. The molecule has 1 atom stereocenters. The van der Waals surface area contributed by atoms with Crippen molar-refractivity contribution in [2.24, 2.45) is 0 Å². The molecule has 1 fully saturated rings. The van der Waals surface area contributed by atoms with Crippen molar-refractivity contribution in [1.82, 2.24) is 20.2 Å². The number of carboxylic acids is 1. The number of hydrogen-bond donors (Lipinski definition) is 2. The average Bonchev–Trinajstić information content (AvgIpc) is 3.44.